The van der Waals surface area contributed by atoms with Crippen molar-refractivity contribution in [3.63, 3.8) is 0 Å². The van der Waals surface area contributed by atoms with E-state index in [9.17, 15) is 24.0 Å². The third kappa shape index (κ3) is 8.52. The second kappa shape index (κ2) is 14.2. The van der Waals surface area contributed by atoms with Gasteiger partial charge in [0.2, 0.25) is 11.6 Å². The molecule has 0 heterocycles. The van der Waals surface area contributed by atoms with Crippen LogP contribution in [-0.2, 0) is 33.4 Å². The molecule has 4 atom stereocenters. The summed E-state index contributed by atoms with van der Waals surface area (Å²) in [5.74, 6) is -3.22. The van der Waals surface area contributed by atoms with E-state index in [0.717, 1.165) is 38.5 Å². The lowest BCUT2D eigenvalue weighted by Crippen LogP contribution is -2.38. The first-order valence-corrected chi connectivity index (χ1v) is 13.3. The predicted octanol–water partition coefficient (Wildman–Crippen LogP) is 4.96. The third-order valence-electron chi connectivity index (χ3n) is 7.13. The van der Waals surface area contributed by atoms with Crippen molar-refractivity contribution in [2.24, 2.45) is 29.1 Å². The Morgan fingerprint density at radius 3 is 2.25 bits per heavy atom. The summed E-state index contributed by atoms with van der Waals surface area (Å²) in [6.45, 7) is 5.97. The summed E-state index contributed by atoms with van der Waals surface area (Å²) in [7, 11) is 1.37. The van der Waals surface area contributed by atoms with Crippen LogP contribution in [0.2, 0.25) is 0 Å². The Bertz CT molecular complexity index is 861. The number of ether oxygens (including phenoxy) is 2. The van der Waals surface area contributed by atoms with Crippen LogP contribution in [0.3, 0.4) is 0 Å². The molecule has 2 unspecified atom stereocenters. The van der Waals surface area contributed by atoms with Gasteiger partial charge in [-0.15, -0.1) is 0 Å². The first-order chi connectivity index (χ1) is 17.1. The number of carbonyl (C=O) groups excluding carboxylic acids is 5. The monoisotopic (exact) mass is 502 g/mol. The van der Waals surface area contributed by atoms with Crippen LogP contribution in [0.5, 0.6) is 0 Å². The van der Waals surface area contributed by atoms with Crippen molar-refractivity contribution in [1.29, 1.82) is 0 Å². The smallest absolute Gasteiger partial charge is 0.311 e. The van der Waals surface area contributed by atoms with Crippen molar-refractivity contribution < 1.29 is 33.4 Å². The highest BCUT2D eigenvalue weighted by atomic mass is 16.5. The van der Waals surface area contributed by atoms with Gasteiger partial charge < -0.3 is 9.47 Å². The number of unbranched alkanes of at least 4 members (excludes halogenated alkanes) is 5. The van der Waals surface area contributed by atoms with Crippen LogP contribution in [0.4, 0.5) is 0 Å². The standard InChI is InChI=1S/C29H42O7/c1-29(2,3)28(34)36-18-14-10-6-5-7-11-15-20-21(16-12-8-9-13-17-24(30)35-4)23-19-22(20)25(31)27(33)26(23)32/h8,11-12,15,20-23H,5-7,9-10,13-14,16-19H2,1-4H3/b12-8-,15-11?/t20?,21?,22-,23-/m1/s1. The minimum atomic E-state index is -0.827. The van der Waals surface area contributed by atoms with Gasteiger partial charge in [0, 0.05) is 18.3 Å². The van der Waals surface area contributed by atoms with E-state index in [1.165, 1.54) is 7.11 Å². The molecule has 0 aromatic rings. The fourth-order valence-electron chi connectivity index (χ4n) is 5.00. The van der Waals surface area contributed by atoms with E-state index in [4.69, 9.17) is 4.74 Å². The molecule has 2 fully saturated rings. The van der Waals surface area contributed by atoms with E-state index in [2.05, 4.69) is 16.9 Å². The zero-order chi connectivity index (χ0) is 26.7. The van der Waals surface area contributed by atoms with Crippen molar-refractivity contribution in [3.05, 3.63) is 24.3 Å². The summed E-state index contributed by atoms with van der Waals surface area (Å²) in [5, 5.41) is 0. The van der Waals surface area contributed by atoms with Gasteiger partial charge in [-0.2, -0.15) is 0 Å². The van der Waals surface area contributed by atoms with Crippen molar-refractivity contribution in [2.45, 2.75) is 85.0 Å². The fourth-order valence-corrected chi connectivity index (χ4v) is 5.00. The van der Waals surface area contributed by atoms with E-state index in [1.807, 2.05) is 32.9 Å². The van der Waals surface area contributed by atoms with Gasteiger partial charge in [0.15, 0.2) is 0 Å². The number of rotatable bonds is 14. The van der Waals surface area contributed by atoms with E-state index in [-0.39, 0.29) is 29.7 Å². The number of allylic oxidation sites excluding steroid dienone is 4. The minimum absolute atomic E-state index is 0.0523. The van der Waals surface area contributed by atoms with Crippen LogP contribution in [0, 0.1) is 29.1 Å². The summed E-state index contributed by atoms with van der Waals surface area (Å²) in [6.07, 6.45) is 15.7. The second-order valence-corrected chi connectivity index (χ2v) is 10.9. The van der Waals surface area contributed by atoms with Crippen LogP contribution in [0.25, 0.3) is 0 Å². The van der Waals surface area contributed by atoms with Gasteiger partial charge in [0.25, 0.3) is 5.78 Å². The molecule has 2 rings (SSSR count). The number of hydrogen-bond acceptors (Lipinski definition) is 7. The number of esters is 2. The Morgan fingerprint density at radius 1 is 0.889 bits per heavy atom. The Hall–Kier alpha value is -2.57. The number of carbonyl (C=O) groups is 5. The van der Waals surface area contributed by atoms with E-state index in [0.29, 0.717) is 32.3 Å². The SMILES string of the molecule is COC(=O)CCC/C=C\CC1C(C=CCCCCCCOC(=O)C(C)(C)C)[C@H]2C[C@H]1C(=O)C(=O)C2=O. The van der Waals surface area contributed by atoms with Crippen molar-refractivity contribution in [3.8, 4) is 0 Å². The number of methoxy groups -OCH3 is 1. The molecule has 2 aliphatic carbocycles. The third-order valence-corrected chi connectivity index (χ3v) is 7.13. The lowest BCUT2D eigenvalue weighted by atomic mass is 9.83. The molecule has 0 aliphatic heterocycles. The zero-order valence-electron chi connectivity index (χ0n) is 22.3. The molecular formula is C29H42O7. The molecule has 0 radical (unpaired) electrons. The van der Waals surface area contributed by atoms with E-state index >= 15 is 0 Å². The van der Waals surface area contributed by atoms with E-state index < -0.39 is 28.7 Å². The van der Waals surface area contributed by atoms with Gasteiger partial charge >= 0.3 is 11.9 Å². The number of fused-ring (bicyclic) bond motifs is 2. The Kier molecular flexibility index (Phi) is 11.7. The summed E-state index contributed by atoms with van der Waals surface area (Å²) in [6, 6.07) is 0. The largest absolute Gasteiger partial charge is 0.469 e. The van der Waals surface area contributed by atoms with Crippen molar-refractivity contribution in [1.82, 2.24) is 0 Å². The highest BCUT2D eigenvalue weighted by molar-refractivity contribution is 6.65. The molecule has 0 aromatic heterocycles. The average Bonchev–Trinajstić information content (AvgIpc) is 3.17. The van der Waals surface area contributed by atoms with Gasteiger partial charge in [-0.25, -0.2) is 0 Å². The Balaban J connectivity index is 1.81. The summed E-state index contributed by atoms with van der Waals surface area (Å²) in [5.41, 5.74) is -0.474. The molecule has 0 saturated heterocycles. The highest BCUT2D eigenvalue weighted by Gasteiger charge is 2.55. The Morgan fingerprint density at radius 2 is 1.56 bits per heavy atom. The van der Waals surface area contributed by atoms with Gasteiger partial charge in [0.05, 0.1) is 19.1 Å². The van der Waals surface area contributed by atoms with Crippen LogP contribution in [0.15, 0.2) is 24.3 Å². The number of Topliss-reactive ketones (excluding diaryl/α,β-unsaturated/α-hetero) is 3. The average molecular weight is 503 g/mol. The molecular weight excluding hydrogens is 460 g/mol. The maximum absolute atomic E-state index is 12.5. The molecule has 2 aliphatic rings. The Labute approximate surface area is 215 Å². The first-order valence-electron chi connectivity index (χ1n) is 13.3. The normalized spacial score (nSPS) is 24.2. The van der Waals surface area contributed by atoms with Gasteiger partial charge in [-0.3, -0.25) is 24.0 Å². The van der Waals surface area contributed by atoms with Crippen LogP contribution in [0.1, 0.15) is 85.0 Å². The molecule has 7 nitrogen and oxygen atoms in total. The molecule has 7 heteroatoms. The van der Waals surface area contributed by atoms with Gasteiger partial charge in [-0.1, -0.05) is 37.1 Å². The summed E-state index contributed by atoms with van der Waals surface area (Å²) >= 11 is 0. The summed E-state index contributed by atoms with van der Waals surface area (Å²) in [4.78, 5) is 60.1. The quantitative estimate of drug-likeness (QED) is 0.143. The molecule has 36 heavy (non-hydrogen) atoms. The lowest BCUT2D eigenvalue weighted by Gasteiger charge is -2.19. The summed E-state index contributed by atoms with van der Waals surface area (Å²) < 4.78 is 9.92. The molecule has 0 amide bonds. The molecule has 0 spiro atoms. The molecule has 2 saturated carbocycles. The lowest BCUT2D eigenvalue weighted by molar-refractivity contribution is -0.153. The molecule has 0 aromatic carbocycles. The molecule has 0 N–H and O–H groups in total. The predicted molar refractivity (Wildman–Crippen MR) is 136 cm³/mol. The van der Waals surface area contributed by atoms with Crippen molar-refractivity contribution in [2.75, 3.05) is 13.7 Å². The van der Waals surface area contributed by atoms with Crippen molar-refractivity contribution >= 4 is 29.3 Å². The maximum Gasteiger partial charge on any atom is 0.311 e. The van der Waals surface area contributed by atoms with Crippen LogP contribution < -0.4 is 0 Å². The minimum Gasteiger partial charge on any atom is -0.469 e. The zero-order valence-corrected chi connectivity index (χ0v) is 22.3. The van der Waals surface area contributed by atoms with Crippen LogP contribution in [-0.4, -0.2) is 43.0 Å². The molecule has 200 valence electrons. The van der Waals surface area contributed by atoms with Crippen LogP contribution >= 0.6 is 0 Å². The first kappa shape index (κ1) is 29.7. The fraction of sp³-hybridized carbons (Fsp3) is 0.690. The second-order valence-electron chi connectivity index (χ2n) is 10.9. The maximum atomic E-state index is 12.5. The number of hydrogen-bond donors (Lipinski definition) is 0. The van der Waals surface area contributed by atoms with Gasteiger partial charge in [0.1, 0.15) is 0 Å². The highest BCUT2D eigenvalue weighted by Crippen LogP contribution is 2.48. The van der Waals surface area contributed by atoms with Gasteiger partial charge in [-0.05, 0) is 77.6 Å². The van der Waals surface area contributed by atoms with E-state index in [1.54, 1.807) is 0 Å². The topological polar surface area (TPSA) is 104 Å². The number of ketones is 3. The molecule has 2 bridgehead atoms.